The third kappa shape index (κ3) is 3.23. The van der Waals surface area contributed by atoms with Crippen LogP contribution in [0.15, 0.2) is 0 Å². The molecule has 2 aliphatic rings. The Morgan fingerprint density at radius 2 is 1.43 bits per heavy atom. The van der Waals surface area contributed by atoms with Gasteiger partial charge in [-0.25, -0.2) is 0 Å². The van der Waals surface area contributed by atoms with Gasteiger partial charge in [0.15, 0.2) is 0 Å². The number of hydrogen-bond donors (Lipinski definition) is 1. The van der Waals surface area contributed by atoms with Crippen molar-refractivity contribution in [3.63, 3.8) is 0 Å². The molecule has 0 aromatic carbocycles. The van der Waals surface area contributed by atoms with Crippen LogP contribution < -0.4 is 5.32 Å². The second-order valence-electron chi connectivity index (χ2n) is 4.35. The smallest absolute Gasteiger partial charge is 0.0701 e. The Bertz CT molecular complexity index is 149. The van der Waals surface area contributed by atoms with Crippen LogP contribution in [0.3, 0.4) is 0 Å². The van der Waals surface area contributed by atoms with E-state index in [9.17, 15) is 0 Å². The van der Waals surface area contributed by atoms with Crippen molar-refractivity contribution in [2.45, 2.75) is 44.2 Å². The van der Waals surface area contributed by atoms with Gasteiger partial charge in [-0.15, -0.1) is 0 Å². The van der Waals surface area contributed by atoms with E-state index in [0.717, 1.165) is 26.4 Å². The molecule has 0 bridgehead atoms. The maximum atomic E-state index is 5.46. The lowest BCUT2D eigenvalue weighted by molar-refractivity contribution is 0.103. The van der Waals surface area contributed by atoms with Crippen LogP contribution in [-0.4, -0.2) is 38.5 Å². The molecule has 0 spiro atoms. The minimum Gasteiger partial charge on any atom is -0.377 e. The first kappa shape index (κ1) is 10.4. The van der Waals surface area contributed by atoms with Crippen molar-refractivity contribution in [2.75, 3.05) is 26.4 Å². The first-order valence-corrected chi connectivity index (χ1v) is 5.87. The largest absolute Gasteiger partial charge is 0.377 e. The van der Waals surface area contributed by atoms with E-state index in [1.165, 1.54) is 32.1 Å². The van der Waals surface area contributed by atoms with Crippen LogP contribution in [0, 0.1) is 0 Å². The number of nitrogens with one attached hydrogen (secondary N) is 1. The maximum absolute atomic E-state index is 5.46. The summed E-state index contributed by atoms with van der Waals surface area (Å²) in [6.45, 7) is 3.14. The molecule has 1 N–H and O–H groups in total. The molecule has 0 radical (unpaired) electrons. The second kappa shape index (κ2) is 5.69. The molecule has 2 rings (SSSR count). The average Bonchev–Trinajstić information content (AvgIpc) is 2.48. The van der Waals surface area contributed by atoms with Crippen LogP contribution in [0.1, 0.15) is 32.1 Å². The summed E-state index contributed by atoms with van der Waals surface area (Å²) in [5.41, 5.74) is 0. The van der Waals surface area contributed by atoms with Crippen molar-refractivity contribution >= 4 is 0 Å². The summed E-state index contributed by atoms with van der Waals surface area (Å²) in [7, 11) is 0. The van der Waals surface area contributed by atoms with E-state index in [2.05, 4.69) is 5.32 Å². The fraction of sp³-hybridized carbons (Fsp3) is 1.00. The standard InChI is InChI=1S/C11H21NO2/c1-2-4-10(5-3-1)12-11-8-13-6-7-14-9-11/h10-12H,1-9H2. The quantitative estimate of drug-likeness (QED) is 0.727. The van der Waals surface area contributed by atoms with Gasteiger partial charge in [-0.2, -0.15) is 0 Å². The number of hydrogen-bond acceptors (Lipinski definition) is 3. The Hall–Kier alpha value is -0.120. The number of ether oxygens (including phenoxy) is 2. The van der Waals surface area contributed by atoms with Gasteiger partial charge < -0.3 is 14.8 Å². The fourth-order valence-corrected chi connectivity index (χ4v) is 2.32. The third-order valence-electron chi connectivity index (χ3n) is 3.09. The van der Waals surface area contributed by atoms with Gasteiger partial charge in [0.1, 0.15) is 0 Å². The van der Waals surface area contributed by atoms with Crippen LogP contribution in [0.4, 0.5) is 0 Å². The summed E-state index contributed by atoms with van der Waals surface area (Å²) in [5.74, 6) is 0. The highest BCUT2D eigenvalue weighted by atomic mass is 16.5. The highest BCUT2D eigenvalue weighted by Crippen LogP contribution is 2.18. The number of rotatable bonds is 2. The monoisotopic (exact) mass is 199 g/mol. The van der Waals surface area contributed by atoms with Crippen molar-refractivity contribution in [3.05, 3.63) is 0 Å². The summed E-state index contributed by atoms with van der Waals surface area (Å²) in [5, 5.41) is 3.65. The topological polar surface area (TPSA) is 30.5 Å². The van der Waals surface area contributed by atoms with E-state index >= 15 is 0 Å². The minimum absolute atomic E-state index is 0.417. The molecule has 0 unspecified atom stereocenters. The minimum atomic E-state index is 0.417. The normalized spacial score (nSPS) is 27.4. The van der Waals surface area contributed by atoms with Crippen LogP contribution in [0.5, 0.6) is 0 Å². The van der Waals surface area contributed by atoms with E-state index in [1.54, 1.807) is 0 Å². The van der Waals surface area contributed by atoms with Gasteiger partial charge in [0, 0.05) is 6.04 Å². The maximum Gasteiger partial charge on any atom is 0.0701 e. The van der Waals surface area contributed by atoms with E-state index < -0.39 is 0 Å². The second-order valence-corrected chi connectivity index (χ2v) is 4.35. The Morgan fingerprint density at radius 3 is 2.07 bits per heavy atom. The molecule has 1 saturated heterocycles. The van der Waals surface area contributed by atoms with Crippen molar-refractivity contribution in [2.24, 2.45) is 0 Å². The molecular weight excluding hydrogens is 178 g/mol. The highest BCUT2D eigenvalue weighted by molar-refractivity contribution is 4.77. The summed E-state index contributed by atoms with van der Waals surface area (Å²) >= 11 is 0. The highest BCUT2D eigenvalue weighted by Gasteiger charge is 2.19. The molecule has 1 heterocycles. The van der Waals surface area contributed by atoms with Crippen molar-refractivity contribution < 1.29 is 9.47 Å². The van der Waals surface area contributed by atoms with Gasteiger partial charge in [-0.3, -0.25) is 0 Å². The molecular formula is C11H21NO2. The zero-order valence-electron chi connectivity index (χ0n) is 8.84. The van der Waals surface area contributed by atoms with Crippen LogP contribution in [-0.2, 0) is 9.47 Å². The average molecular weight is 199 g/mol. The van der Waals surface area contributed by atoms with Gasteiger partial charge >= 0.3 is 0 Å². The molecule has 14 heavy (non-hydrogen) atoms. The molecule has 0 amide bonds. The van der Waals surface area contributed by atoms with Gasteiger partial charge in [0.25, 0.3) is 0 Å². The van der Waals surface area contributed by atoms with Crippen LogP contribution >= 0.6 is 0 Å². The Kier molecular flexibility index (Phi) is 4.22. The van der Waals surface area contributed by atoms with E-state index in [-0.39, 0.29) is 0 Å². The molecule has 3 nitrogen and oxygen atoms in total. The molecule has 1 aliphatic heterocycles. The summed E-state index contributed by atoms with van der Waals surface area (Å²) < 4.78 is 10.9. The molecule has 0 aromatic rings. The first-order chi connectivity index (χ1) is 6.95. The molecule has 0 atom stereocenters. The fourth-order valence-electron chi connectivity index (χ4n) is 2.32. The van der Waals surface area contributed by atoms with Gasteiger partial charge in [0.05, 0.1) is 32.5 Å². The zero-order chi connectivity index (χ0) is 9.64. The van der Waals surface area contributed by atoms with Gasteiger partial charge in [0.2, 0.25) is 0 Å². The Labute approximate surface area is 86.2 Å². The van der Waals surface area contributed by atoms with E-state index in [1.807, 2.05) is 0 Å². The molecule has 1 aliphatic carbocycles. The van der Waals surface area contributed by atoms with Crippen molar-refractivity contribution in [1.82, 2.24) is 5.32 Å². The van der Waals surface area contributed by atoms with Crippen molar-refractivity contribution in [1.29, 1.82) is 0 Å². The predicted molar refractivity (Wildman–Crippen MR) is 55.4 cm³/mol. The molecule has 82 valence electrons. The summed E-state index contributed by atoms with van der Waals surface area (Å²) in [4.78, 5) is 0. The molecule has 1 saturated carbocycles. The lowest BCUT2D eigenvalue weighted by atomic mass is 9.95. The lowest BCUT2D eigenvalue weighted by Crippen LogP contribution is -2.43. The lowest BCUT2D eigenvalue weighted by Gasteiger charge is -2.27. The van der Waals surface area contributed by atoms with Gasteiger partial charge in [-0.1, -0.05) is 19.3 Å². The summed E-state index contributed by atoms with van der Waals surface area (Å²) in [6.07, 6.45) is 6.83. The van der Waals surface area contributed by atoms with E-state index in [4.69, 9.17) is 9.47 Å². The first-order valence-electron chi connectivity index (χ1n) is 5.87. The SMILES string of the molecule is C1CCC(NC2COCCOC2)CC1. The van der Waals surface area contributed by atoms with Gasteiger partial charge in [-0.05, 0) is 12.8 Å². The summed E-state index contributed by atoms with van der Waals surface area (Å²) in [6, 6.07) is 1.12. The molecule has 3 heteroatoms. The molecule has 0 aromatic heterocycles. The molecule has 2 fully saturated rings. The third-order valence-corrected chi connectivity index (χ3v) is 3.09. The predicted octanol–water partition coefficient (Wildman–Crippen LogP) is 1.32. The Balaban J connectivity index is 1.71. The van der Waals surface area contributed by atoms with Crippen molar-refractivity contribution in [3.8, 4) is 0 Å². The van der Waals surface area contributed by atoms with E-state index in [0.29, 0.717) is 12.1 Å². The Morgan fingerprint density at radius 1 is 0.786 bits per heavy atom. The van der Waals surface area contributed by atoms with Crippen LogP contribution in [0.2, 0.25) is 0 Å². The van der Waals surface area contributed by atoms with Crippen LogP contribution in [0.25, 0.3) is 0 Å². The zero-order valence-corrected chi connectivity index (χ0v) is 8.84.